The Morgan fingerprint density at radius 2 is 1.61 bits per heavy atom. The van der Waals surface area contributed by atoms with E-state index in [1.807, 2.05) is 38.4 Å². The maximum Gasteiger partial charge on any atom is 0.328 e. The zero-order valence-corrected chi connectivity index (χ0v) is 21.8. The Bertz CT molecular complexity index is 1350. The van der Waals surface area contributed by atoms with Gasteiger partial charge < -0.3 is 14.9 Å². The highest BCUT2D eigenvalue weighted by atomic mass is 19.1. The van der Waals surface area contributed by atoms with Crippen molar-refractivity contribution < 1.29 is 19.1 Å². The molecule has 6 heteroatoms. The molecular formula is C32H33FN2O3. The van der Waals surface area contributed by atoms with Crippen molar-refractivity contribution >= 4 is 29.3 Å². The lowest BCUT2D eigenvalue weighted by molar-refractivity contribution is -0.131. The Morgan fingerprint density at radius 1 is 0.921 bits per heavy atom. The Balaban J connectivity index is 1.43. The Kier molecular flexibility index (Phi) is 7.32. The van der Waals surface area contributed by atoms with Crippen LogP contribution in [0.4, 0.5) is 15.8 Å². The summed E-state index contributed by atoms with van der Waals surface area (Å²) < 4.78 is 14.6. The summed E-state index contributed by atoms with van der Waals surface area (Å²) in [5.41, 5.74) is 5.12. The number of nitrogens with zero attached hydrogens (tertiary/aromatic N) is 2. The lowest BCUT2D eigenvalue weighted by Gasteiger charge is -2.30. The van der Waals surface area contributed by atoms with Crippen molar-refractivity contribution in [3.8, 4) is 11.1 Å². The van der Waals surface area contributed by atoms with Crippen LogP contribution in [0.1, 0.15) is 36.8 Å². The Hall–Kier alpha value is -3.93. The van der Waals surface area contributed by atoms with Gasteiger partial charge in [-0.2, -0.15) is 0 Å². The first-order valence-corrected chi connectivity index (χ1v) is 13.2. The Labute approximate surface area is 223 Å². The molecule has 2 aliphatic rings. The van der Waals surface area contributed by atoms with Gasteiger partial charge in [0.1, 0.15) is 5.82 Å². The summed E-state index contributed by atoms with van der Waals surface area (Å²) in [5, 5.41) is 9.00. The number of anilines is 2. The summed E-state index contributed by atoms with van der Waals surface area (Å²) >= 11 is 0. The lowest BCUT2D eigenvalue weighted by Crippen LogP contribution is -2.38. The van der Waals surface area contributed by atoms with Crippen molar-refractivity contribution in [2.45, 2.75) is 32.2 Å². The number of rotatable bonds is 8. The van der Waals surface area contributed by atoms with E-state index < -0.39 is 11.8 Å². The van der Waals surface area contributed by atoms with Crippen LogP contribution in [0.5, 0.6) is 0 Å². The molecule has 0 saturated heterocycles. The van der Waals surface area contributed by atoms with Crippen molar-refractivity contribution in [2.24, 2.45) is 17.8 Å². The van der Waals surface area contributed by atoms with Gasteiger partial charge in [-0.1, -0.05) is 42.8 Å². The molecule has 3 aromatic carbocycles. The molecule has 2 aliphatic carbocycles. The molecule has 3 atom stereocenters. The molecule has 5 nitrogen and oxygen atoms in total. The molecule has 3 aromatic rings. The van der Waals surface area contributed by atoms with Crippen molar-refractivity contribution in [2.75, 3.05) is 23.9 Å². The van der Waals surface area contributed by atoms with Crippen molar-refractivity contribution in [3.63, 3.8) is 0 Å². The first kappa shape index (κ1) is 25.7. The molecule has 196 valence electrons. The van der Waals surface area contributed by atoms with Crippen molar-refractivity contribution in [3.05, 3.63) is 89.8 Å². The summed E-state index contributed by atoms with van der Waals surface area (Å²) in [6, 6.07) is 20.8. The molecule has 0 heterocycles. The minimum absolute atomic E-state index is 0.0271. The predicted octanol–water partition coefficient (Wildman–Crippen LogP) is 6.63. The fraction of sp³-hybridized carbons (Fsp3) is 0.312. The van der Waals surface area contributed by atoms with Gasteiger partial charge in [0.05, 0.1) is 6.54 Å². The maximum absolute atomic E-state index is 14.6. The van der Waals surface area contributed by atoms with Crippen LogP contribution in [0.3, 0.4) is 0 Å². The first-order valence-electron chi connectivity index (χ1n) is 13.2. The second kappa shape index (κ2) is 10.8. The number of carbonyl (C=O) groups excluding carboxylic acids is 1. The number of fused-ring (bicyclic) bond motifs is 2. The van der Waals surface area contributed by atoms with Crippen LogP contribution in [0.15, 0.2) is 72.8 Å². The van der Waals surface area contributed by atoms with Gasteiger partial charge in [0.25, 0.3) is 0 Å². The minimum Gasteiger partial charge on any atom is -0.478 e. The summed E-state index contributed by atoms with van der Waals surface area (Å²) in [6.07, 6.45) is 6.59. The van der Waals surface area contributed by atoms with E-state index in [9.17, 15) is 14.0 Å². The van der Waals surface area contributed by atoms with Crippen LogP contribution < -0.4 is 9.80 Å². The number of halogens is 1. The standard InChI is InChI=1S/C32H33FN2O3/c1-34(2)28-12-10-25(11-13-28)24-7-3-21(4-8-24)20-35(32(38)30-18-22-5-9-26(30)15-22)29-17-23(6-14-31(36)37)16-27(33)19-29/h3-4,6-8,10-14,16-17,19,22,26,30H,5,9,15,18,20H2,1-2H3,(H,36,37)/b14-6+/t22-,26+,30-/m1/s1. The van der Waals surface area contributed by atoms with E-state index in [2.05, 4.69) is 29.2 Å². The average Bonchev–Trinajstić information content (AvgIpc) is 3.54. The fourth-order valence-electron chi connectivity index (χ4n) is 6.00. The second-order valence-corrected chi connectivity index (χ2v) is 10.8. The number of benzene rings is 3. The maximum atomic E-state index is 14.6. The monoisotopic (exact) mass is 512 g/mol. The molecule has 1 amide bonds. The molecule has 2 fully saturated rings. The van der Waals surface area contributed by atoms with Gasteiger partial charge in [-0.05, 0) is 89.8 Å². The highest BCUT2D eigenvalue weighted by Crippen LogP contribution is 2.49. The highest BCUT2D eigenvalue weighted by Gasteiger charge is 2.44. The van der Waals surface area contributed by atoms with Crippen LogP contribution in [0.25, 0.3) is 17.2 Å². The van der Waals surface area contributed by atoms with Gasteiger partial charge in [-0.3, -0.25) is 4.79 Å². The van der Waals surface area contributed by atoms with E-state index in [-0.39, 0.29) is 11.8 Å². The summed E-state index contributed by atoms with van der Waals surface area (Å²) in [4.78, 5) is 28.6. The van der Waals surface area contributed by atoms with E-state index in [0.29, 0.717) is 29.6 Å². The van der Waals surface area contributed by atoms with E-state index in [4.69, 9.17) is 5.11 Å². The normalized spacial score (nSPS) is 20.1. The number of carboxylic acids is 1. The van der Waals surface area contributed by atoms with Gasteiger partial charge in [0, 0.05) is 37.5 Å². The van der Waals surface area contributed by atoms with E-state index in [1.165, 1.54) is 24.6 Å². The quantitative estimate of drug-likeness (QED) is 0.344. The van der Waals surface area contributed by atoms with E-state index in [0.717, 1.165) is 47.7 Å². The Morgan fingerprint density at radius 3 is 2.18 bits per heavy atom. The largest absolute Gasteiger partial charge is 0.478 e. The molecule has 2 saturated carbocycles. The van der Waals surface area contributed by atoms with Crippen molar-refractivity contribution in [1.29, 1.82) is 0 Å². The fourth-order valence-corrected chi connectivity index (χ4v) is 6.00. The molecular weight excluding hydrogens is 479 g/mol. The zero-order valence-electron chi connectivity index (χ0n) is 21.8. The van der Waals surface area contributed by atoms with Crippen LogP contribution in [0.2, 0.25) is 0 Å². The predicted molar refractivity (Wildman–Crippen MR) is 149 cm³/mol. The molecule has 5 rings (SSSR count). The molecule has 2 bridgehead atoms. The van der Waals surface area contributed by atoms with Gasteiger partial charge in [0.15, 0.2) is 0 Å². The SMILES string of the molecule is CN(C)c1ccc(-c2ccc(CN(C(=O)[C@@H]3C[C@@H]4CC[C@H]3C4)c3cc(F)cc(/C=C/C(=O)O)c3)cc2)cc1. The third kappa shape index (κ3) is 5.64. The molecule has 0 aromatic heterocycles. The van der Waals surface area contributed by atoms with Crippen LogP contribution >= 0.6 is 0 Å². The lowest BCUT2D eigenvalue weighted by atomic mass is 9.87. The summed E-state index contributed by atoms with van der Waals surface area (Å²) in [7, 11) is 4.02. The highest BCUT2D eigenvalue weighted by molar-refractivity contribution is 5.96. The topological polar surface area (TPSA) is 60.9 Å². The number of carbonyl (C=O) groups is 2. The van der Waals surface area contributed by atoms with Crippen molar-refractivity contribution in [1.82, 2.24) is 0 Å². The number of carboxylic acid groups (broad SMARTS) is 1. The first-order chi connectivity index (χ1) is 18.3. The number of amides is 1. The number of hydrogen-bond donors (Lipinski definition) is 1. The number of hydrogen-bond acceptors (Lipinski definition) is 3. The zero-order chi connectivity index (χ0) is 26.8. The van der Waals surface area contributed by atoms with Gasteiger partial charge in [0.2, 0.25) is 5.91 Å². The number of aliphatic carboxylic acids is 1. The molecule has 0 aliphatic heterocycles. The smallest absolute Gasteiger partial charge is 0.328 e. The summed E-state index contributed by atoms with van der Waals surface area (Å²) in [6.45, 7) is 0.318. The molecule has 38 heavy (non-hydrogen) atoms. The van der Waals surface area contributed by atoms with Gasteiger partial charge in [-0.15, -0.1) is 0 Å². The molecule has 0 spiro atoms. The minimum atomic E-state index is -1.11. The second-order valence-electron chi connectivity index (χ2n) is 10.8. The third-order valence-electron chi connectivity index (χ3n) is 7.97. The van der Waals surface area contributed by atoms with E-state index in [1.54, 1.807) is 11.0 Å². The molecule has 0 unspecified atom stereocenters. The van der Waals surface area contributed by atoms with Crippen LogP contribution in [-0.4, -0.2) is 31.1 Å². The van der Waals surface area contributed by atoms with Crippen LogP contribution in [-0.2, 0) is 16.1 Å². The molecule has 1 N–H and O–H groups in total. The van der Waals surface area contributed by atoms with Gasteiger partial charge >= 0.3 is 5.97 Å². The summed E-state index contributed by atoms with van der Waals surface area (Å²) in [5.74, 6) is -0.640. The van der Waals surface area contributed by atoms with E-state index >= 15 is 0 Å². The molecule has 0 radical (unpaired) electrons. The third-order valence-corrected chi connectivity index (χ3v) is 7.97. The average molecular weight is 513 g/mol. The van der Waals surface area contributed by atoms with Crippen LogP contribution in [0, 0.1) is 23.6 Å². The van der Waals surface area contributed by atoms with Gasteiger partial charge in [-0.25, -0.2) is 9.18 Å².